The first kappa shape index (κ1) is 15.2. The van der Waals surface area contributed by atoms with Gasteiger partial charge in [0, 0.05) is 5.92 Å². The van der Waals surface area contributed by atoms with E-state index < -0.39 is 0 Å². The lowest BCUT2D eigenvalue weighted by atomic mass is 9.65. The molecule has 2 aromatic rings. The van der Waals surface area contributed by atoms with Crippen molar-refractivity contribution in [2.24, 2.45) is 11.3 Å². The third kappa shape index (κ3) is 2.13. The molecular weight excluding hydrogens is 288 g/mol. The number of fused-ring (bicyclic) bond motifs is 3. The monoisotopic (exact) mass is 312 g/mol. The topological polar surface area (TPSA) is 0 Å². The fourth-order valence-electron chi connectivity index (χ4n) is 4.57. The van der Waals surface area contributed by atoms with E-state index in [9.17, 15) is 0 Å². The van der Waals surface area contributed by atoms with Crippen LogP contribution in [0.1, 0.15) is 37.3 Å². The van der Waals surface area contributed by atoms with Crippen molar-refractivity contribution >= 4 is 0 Å². The van der Waals surface area contributed by atoms with Crippen LogP contribution in [0.15, 0.2) is 85.0 Å². The summed E-state index contributed by atoms with van der Waals surface area (Å²) >= 11 is 0. The average Bonchev–Trinajstić information content (AvgIpc) is 3.24. The quantitative estimate of drug-likeness (QED) is 0.564. The van der Waals surface area contributed by atoms with Crippen LogP contribution < -0.4 is 0 Å². The molecule has 0 saturated heterocycles. The predicted octanol–water partition coefficient (Wildman–Crippen LogP) is 6.51. The van der Waals surface area contributed by atoms with Crippen molar-refractivity contribution in [2.75, 3.05) is 0 Å². The van der Waals surface area contributed by atoms with E-state index in [1.807, 2.05) is 0 Å². The standard InChI is InChI=1S/C24H24/c1-4-22(24(2,3)17-11-5-6-12-17)23-20-15-9-7-13-18(20)19-14-8-10-16-21(19)23/h4-11,13-16,22-23H,1,12H2,2-3H3. The molecule has 2 aliphatic carbocycles. The van der Waals surface area contributed by atoms with E-state index in [4.69, 9.17) is 0 Å². The van der Waals surface area contributed by atoms with Crippen molar-refractivity contribution in [3.63, 3.8) is 0 Å². The highest BCUT2D eigenvalue weighted by Crippen LogP contribution is 2.54. The van der Waals surface area contributed by atoms with E-state index in [0.29, 0.717) is 11.8 Å². The lowest BCUT2D eigenvalue weighted by molar-refractivity contribution is 0.292. The van der Waals surface area contributed by atoms with Crippen LogP contribution >= 0.6 is 0 Å². The predicted molar refractivity (Wildman–Crippen MR) is 103 cm³/mol. The van der Waals surface area contributed by atoms with Gasteiger partial charge in [0.2, 0.25) is 0 Å². The van der Waals surface area contributed by atoms with Crippen LogP contribution in [0, 0.1) is 11.3 Å². The second-order valence-corrected chi connectivity index (χ2v) is 7.46. The van der Waals surface area contributed by atoms with Gasteiger partial charge in [0.05, 0.1) is 0 Å². The van der Waals surface area contributed by atoms with Gasteiger partial charge < -0.3 is 0 Å². The van der Waals surface area contributed by atoms with Gasteiger partial charge in [0.25, 0.3) is 0 Å². The molecule has 0 aromatic heterocycles. The van der Waals surface area contributed by atoms with E-state index >= 15 is 0 Å². The summed E-state index contributed by atoms with van der Waals surface area (Å²) in [7, 11) is 0. The largest absolute Gasteiger partial charge is 0.103 e. The third-order valence-electron chi connectivity index (χ3n) is 5.93. The zero-order valence-electron chi connectivity index (χ0n) is 14.5. The molecule has 1 unspecified atom stereocenters. The molecule has 0 nitrogen and oxygen atoms in total. The first-order valence-electron chi connectivity index (χ1n) is 8.81. The molecule has 1 atom stereocenters. The molecule has 24 heavy (non-hydrogen) atoms. The molecule has 0 amide bonds. The van der Waals surface area contributed by atoms with E-state index in [1.54, 1.807) is 0 Å². The summed E-state index contributed by atoms with van der Waals surface area (Å²) in [6.07, 6.45) is 9.99. The Morgan fingerprint density at radius 3 is 2.08 bits per heavy atom. The van der Waals surface area contributed by atoms with E-state index in [0.717, 1.165) is 6.42 Å². The Morgan fingerprint density at radius 1 is 1.00 bits per heavy atom. The number of rotatable bonds is 4. The Balaban J connectivity index is 1.87. The first-order chi connectivity index (χ1) is 11.6. The maximum atomic E-state index is 4.24. The molecule has 0 bridgehead atoms. The van der Waals surface area contributed by atoms with Crippen LogP contribution in [-0.4, -0.2) is 0 Å². The molecular formula is C24H24. The summed E-state index contributed by atoms with van der Waals surface area (Å²) in [4.78, 5) is 0. The van der Waals surface area contributed by atoms with Crippen molar-refractivity contribution in [1.29, 1.82) is 0 Å². The van der Waals surface area contributed by atoms with Gasteiger partial charge in [0.15, 0.2) is 0 Å². The average molecular weight is 312 g/mol. The summed E-state index contributed by atoms with van der Waals surface area (Å²) in [5, 5.41) is 0. The summed E-state index contributed by atoms with van der Waals surface area (Å²) < 4.78 is 0. The molecule has 120 valence electrons. The van der Waals surface area contributed by atoms with Gasteiger partial charge in [0.1, 0.15) is 0 Å². The molecule has 0 N–H and O–H groups in total. The highest BCUT2D eigenvalue weighted by atomic mass is 14.4. The smallest absolute Gasteiger partial charge is 0.0172 e. The molecule has 0 heterocycles. The van der Waals surface area contributed by atoms with Crippen LogP contribution in [0.2, 0.25) is 0 Å². The van der Waals surface area contributed by atoms with Crippen LogP contribution in [0.3, 0.4) is 0 Å². The number of benzene rings is 2. The Kier molecular flexibility index (Phi) is 3.57. The first-order valence-corrected chi connectivity index (χ1v) is 8.81. The van der Waals surface area contributed by atoms with Gasteiger partial charge in [-0.3, -0.25) is 0 Å². The molecule has 0 fully saturated rings. The molecule has 0 aliphatic heterocycles. The van der Waals surface area contributed by atoms with Gasteiger partial charge >= 0.3 is 0 Å². The molecule has 0 spiro atoms. The molecule has 2 aliphatic rings. The van der Waals surface area contributed by atoms with Crippen molar-refractivity contribution in [3.8, 4) is 11.1 Å². The minimum absolute atomic E-state index is 0.0838. The van der Waals surface area contributed by atoms with Crippen LogP contribution in [0.25, 0.3) is 11.1 Å². The normalized spacial score (nSPS) is 17.3. The Bertz CT molecular complexity index is 802. The summed E-state index contributed by atoms with van der Waals surface area (Å²) in [5.74, 6) is 0.750. The maximum Gasteiger partial charge on any atom is 0.0172 e. The van der Waals surface area contributed by atoms with Gasteiger partial charge in [-0.15, -0.1) is 6.58 Å². The Hall–Kier alpha value is -2.34. The number of hydrogen-bond donors (Lipinski definition) is 0. The van der Waals surface area contributed by atoms with E-state index in [-0.39, 0.29) is 5.41 Å². The second kappa shape index (κ2) is 5.63. The lowest BCUT2D eigenvalue weighted by Gasteiger charge is -2.38. The third-order valence-corrected chi connectivity index (χ3v) is 5.93. The fraction of sp³-hybridized carbons (Fsp3) is 0.250. The zero-order chi connectivity index (χ0) is 16.7. The van der Waals surface area contributed by atoms with Crippen molar-refractivity contribution < 1.29 is 0 Å². The Morgan fingerprint density at radius 2 is 1.58 bits per heavy atom. The van der Waals surface area contributed by atoms with Gasteiger partial charge in [-0.2, -0.15) is 0 Å². The van der Waals surface area contributed by atoms with Crippen molar-refractivity contribution in [2.45, 2.75) is 26.2 Å². The SMILES string of the molecule is C=CC(C1c2ccccc2-c2ccccc21)C(C)(C)C1=CC=CC1. The highest BCUT2D eigenvalue weighted by molar-refractivity contribution is 5.79. The lowest BCUT2D eigenvalue weighted by Crippen LogP contribution is -2.29. The number of allylic oxidation sites excluding steroid dienone is 5. The minimum Gasteiger partial charge on any atom is -0.103 e. The molecule has 0 saturated carbocycles. The van der Waals surface area contributed by atoms with Crippen LogP contribution in [-0.2, 0) is 0 Å². The summed E-state index contributed by atoms with van der Waals surface area (Å²) in [6.45, 7) is 8.99. The maximum absolute atomic E-state index is 4.24. The van der Waals surface area contributed by atoms with E-state index in [2.05, 4.69) is 93.3 Å². The molecule has 0 radical (unpaired) electrons. The minimum atomic E-state index is 0.0838. The highest BCUT2D eigenvalue weighted by Gasteiger charge is 2.41. The Labute approximate surface area is 145 Å². The van der Waals surface area contributed by atoms with Crippen molar-refractivity contribution in [3.05, 3.63) is 96.1 Å². The van der Waals surface area contributed by atoms with Crippen LogP contribution in [0.5, 0.6) is 0 Å². The molecule has 4 rings (SSSR count). The van der Waals surface area contributed by atoms with Gasteiger partial charge in [-0.05, 0) is 40.0 Å². The summed E-state index contributed by atoms with van der Waals surface area (Å²) in [5.41, 5.74) is 7.26. The van der Waals surface area contributed by atoms with Gasteiger partial charge in [-0.25, -0.2) is 0 Å². The zero-order valence-corrected chi connectivity index (χ0v) is 14.5. The van der Waals surface area contributed by atoms with Crippen LogP contribution in [0.4, 0.5) is 0 Å². The summed E-state index contributed by atoms with van der Waals surface area (Å²) in [6, 6.07) is 17.8. The fourth-order valence-corrected chi connectivity index (χ4v) is 4.57. The second-order valence-electron chi connectivity index (χ2n) is 7.46. The molecule has 2 aromatic carbocycles. The number of hydrogen-bond acceptors (Lipinski definition) is 0. The van der Waals surface area contributed by atoms with Crippen molar-refractivity contribution in [1.82, 2.24) is 0 Å². The molecule has 0 heteroatoms. The van der Waals surface area contributed by atoms with E-state index in [1.165, 1.54) is 27.8 Å². The van der Waals surface area contributed by atoms with Gasteiger partial charge in [-0.1, -0.05) is 92.3 Å².